The molecule has 0 saturated heterocycles. The smallest absolute Gasteiger partial charge is 0.0105 e. The normalized spacial score (nSPS) is 35.5. The fourth-order valence-corrected chi connectivity index (χ4v) is 4.49. The van der Waals surface area contributed by atoms with E-state index in [1.165, 1.54) is 44.9 Å². The third-order valence-corrected chi connectivity index (χ3v) is 5.67. The van der Waals surface area contributed by atoms with E-state index < -0.39 is 0 Å². The van der Waals surface area contributed by atoms with Gasteiger partial charge in [0.15, 0.2) is 0 Å². The molecule has 2 fully saturated rings. The van der Waals surface area contributed by atoms with Crippen LogP contribution in [0.3, 0.4) is 0 Å². The van der Waals surface area contributed by atoms with Gasteiger partial charge in [-0.2, -0.15) is 0 Å². The fraction of sp³-hybridized carbons (Fsp3) is 0.647. The van der Waals surface area contributed by atoms with E-state index in [4.69, 9.17) is 0 Å². The minimum Gasteiger partial charge on any atom is -0.0617 e. The monoisotopic (exact) mass is 226 g/mol. The first-order chi connectivity index (χ1) is 8.28. The summed E-state index contributed by atoms with van der Waals surface area (Å²) >= 11 is 0. The van der Waals surface area contributed by atoms with Crippen molar-refractivity contribution in [3.8, 4) is 0 Å². The number of benzene rings is 1. The summed E-state index contributed by atoms with van der Waals surface area (Å²) in [4.78, 5) is 0. The molecule has 1 aromatic rings. The van der Waals surface area contributed by atoms with Crippen molar-refractivity contribution in [3.05, 3.63) is 34.9 Å². The second-order valence-corrected chi connectivity index (χ2v) is 6.79. The van der Waals surface area contributed by atoms with Crippen LogP contribution >= 0.6 is 0 Å². The summed E-state index contributed by atoms with van der Waals surface area (Å²) in [5.41, 5.74) is 5.85. The van der Waals surface area contributed by atoms with Gasteiger partial charge in [0, 0.05) is 0 Å². The van der Waals surface area contributed by atoms with Gasteiger partial charge in [0.05, 0.1) is 0 Å². The van der Waals surface area contributed by atoms with E-state index in [0.717, 1.165) is 11.8 Å². The molecule has 0 heteroatoms. The van der Waals surface area contributed by atoms with Gasteiger partial charge in [-0.1, -0.05) is 31.5 Å². The molecule has 0 aliphatic heterocycles. The van der Waals surface area contributed by atoms with Crippen molar-refractivity contribution in [2.45, 2.75) is 63.7 Å². The first-order valence-corrected chi connectivity index (χ1v) is 7.40. The lowest BCUT2D eigenvalue weighted by Crippen LogP contribution is -2.27. The molecule has 0 spiro atoms. The van der Waals surface area contributed by atoms with Crippen molar-refractivity contribution >= 4 is 0 Å². The quantitative estimate of drug-likeness (QED) is 0.646. The van der Waals surface area contributed by atoms with Crippen molar-refractivity contribution in [3.63, 3.8) is 0 Å². The number of fused-ring (bicyclic) bond motifs is 3. The van der Waals surface area contributed by atoms with Crippen molar-refractivity contribution in [2.75, 3.05) is 0 Å². The highest BCUT2D eigenvalue weighted by atomic mass is 14.5. The van der Waals surface area contributed by atoms with Gasteiger partial charge in [-0.05, 0) is 72.5 Å². The molecule has 3 aliphatic rings. The van der Waals surface area contributed by atoms with Crippen LogP contribution < -0.4 is 0 Å². The molecule has 1 aromatic carbocycles. The molecular weight excluding hydrogens is 204 g/mol. The Balaban J connectivity index is 1.84. The lowest BCUT2D eigenvalue weighted by atomic mass is 9.66. The van der Waals surface area contributed by atoms with Gasteiger partial charge in [0.2, 0.25) is 0 Å². The van der Waals surface area contributed by atoms with Crippen molar-refractivity contribution in [1.82, 2.24) is 0 Å². The van der Waals surface area contributed by atoms with Gasteiger partial charge in [0.25, 0.3) is 0 Å². The van der Waals surface area contributed by atoms with Crippen LogP contribution in [0.4, 0.5) is 0 Å². The first kappa shape index (κ1) is 10.2. The second kappa shape index (κ2) is 3.37. The largest absolute Gasteiger partial charge is 0.0617 e. The zero-order valence-electron chi connectivity index (χ0n) is 10.8. The molecule has 0 heterocycles. The Labute approximate surface area is 104 Å². The predicted octanol–water partition coefficient (Wildman–Crippen LogP) is 4.78. The molecule has 4 rings (SSSR count). The summed E-state index contributed by atoms with van der Waals surface area (Å²) in [7, 11) is 0. The number of rotatable bonds is 1. The van der Waals surface area contributed by atoms with Crippen LogP contribution in [0, 0.1) is 5.41 Å². The van der Waals surface area contributed by atoms with Gasteiger partial charge in [-0.15, -0.1) is 0 Å². The summed E-state index contributed by atoms with van der Waals surface area (Å²) in [6.45, 7) is 2.54. The van der Waals surface area contributed by atoms with E-state index in [9.17, 15) is 0 Å². The number of hydrogen-bond donors (Lipinski definition) is 0. The van der Waals surface area contributed by atoms with E-state index in [0.29, 0.717) is 5.41 Å². The molecule has 0 bridgehead atoms. The zero-order valence-corrected chi connectivity index (χ0v) is 10.8. The highest BCUT2D eigenvalue weighted by Gasteiger charge is 2.43. The van der Waals surface area contributed by atoms with Gasteiger partial charge in [-0.25, -0.2) is 0 Å². The average Bonchev–Trinajstić information content (AvgIpc) is 3.10. The third-order valence-electron chi connectivity index (χ3n) is 5.67. The second-order valence-electron chi connectivity index (χ2n) is 6.79. The van der Waals surface area contributed by atoms with Gasteiger partial charge in [0.1, 0.15) is 0 Å². The topological polar surface area (TPSA) is 0 Å². The van der Waals surface area contributed by atoms with Crippen LogP contribution in [-0.4, -0.2) is 0 Å². The van der Waals surface area contributed by atoms with E-state index in [1.54, 1.807) is 16.7 Å². The molecular formula is C17H22. The Bertz CT molecular complexity index is 455. The Hall–Kier alpha value is -0.780. The maximum atomic E-state index is 2.54. The summed E-state index contributed by atoms with van der Waals surface area (Å²) in [6.07, 6.45) is 10.0. The predicted molar refractivity (Wildman–Crippen MR) is 71.4 cm³/mol. The highest BCUT2D eigenvalue weighted by Crippen LogP contribution is 2.57. The Morgan fingerprint density at radius 1 is 1.06 bits per heavy atom. The van der Waals surface area contributed by atoms with E-state index >= 15 is 0 Å². The van der Waals surface area contributed by atoms with Gasteiger partial charge in [-0.3, -0.25) is 0 Å². The van der Waals surface area contributed by atoms with Crippen molar-refractivity contribution in [2.24, 2.45) is 5.41 Å². The van der Waals surface area contributed by atoms with Crippen LogP contribution in [0.25, 0.3) is 0 Å². The zero-order chi connectivity index (χ0) is 11.5. The summed E-state index contributed by atoms with van der Waals surface area (Å²) in [6, 6.07) is 7.18. The highest BCUT2D eigenvalue weighted by molar-refractivity contribution is 5.44. The molecule has 2 atom stereocenters. The minimum absolute atomic E-state index is 0.634. The average molecular weight is 226 g/mol. The molecule has 3 aliphatic carbocycles. The molecule has 0 nitrogen and oxygen atoms in total. The minimum atomic E-state index is 0.634. The Morgan fingerprint density at radius 2 is 1.88 bits per heavy atom. The van der Waals surface area contributed by atoms with Crippen molar-refractivity contribution < 1.29 is 0 Å². The van der Waals surface area contributed by atoms with Crippen LogP contribution in [-0.2, 0) is 6.42 Å². The maximum Gasteiger partial charge on any atom is -0.0105 e. The van der Waals surface area contributed by atoms with E-state index in [1.807, 2.05) is 0 Å². The maximum absolute atomic E-state index is 2.54. The van der Waals surface area contributed by atoms with Crippen molar-refractivity contribution in [1.29, 1.82) is 0 Å². The molecule has 0 amide bonds. The first-order valence-electron chi connectivity index (χ1n) is 7.40. The SMILES string of the molecule is C[C@]12CCC[C@H]1c1cccc(C3CC3)c1CC2. The standard InChI is InChI=1S/C17H22/c1-17-10-3-6-16(17)15-5-2-4-13(12-7-8-12)14(15)9-11-17/h2,4-5,12,16H,3,6-11H2,1H3/t16-,17+/m0/s1. The van der Waals surface area contributed by atoms with Crippen LogP contribution in [0.2, 0.25) is 0 Å². The molecule has 17 heavy (non-hydrogen) atoms. The lowest BCUT2D eigenvalue weighted by molar-refractivity contribution is 0.252. The molecule has 0 radical (unpaired) electrons. The Morgan fingerprint density at radius 3 is 2.71 bits per heavy atom. The lowest BCUT2D eigenvalue weighted by Gasteiger charge is -2.38. The van der Waals surface area contributed by atoms with Crippen LogP contribution in [0.15, 0.2) is 18.2 Å². The molecule has 0 unspecified atom stereocenters. The number of hydrogen-bond acceptors (Lipinski definition) is 0. The van der Waals surface area contributed by atoms with Gasteiger partial charge < -0.3 is 0 Å². The van der Waals surface area contributed by atoms with Gasteiger partial charge >= 0.3 is 0 Å². The summed E-state index contributed by atoms with van der Waals surface area (Å²) < 4.78 is 0. The third kappa shape index (κ3) is 1.42. The van der Waals surface area contributed by atoms with E-state index in [-0.39, 0.29) is 0 Å². The molecule has 90 valence electrons. The summed E-state index contributed by atoms with van der Waals surface area (Å²) in [5.74, 6) is 1.81. The molecule has 2 saturated carbocycles. The summed E-state index contributed by atoms with van der Waals surface area (Å²) in [5, 5.41) is 0. The fourth-order valence-electron chi connectivity index (χ4n) is 4.49. The van der Waals surface area contributed by atoms with Crippen LogP contribution in [0.5, 0.6) is 0 Å². The Kier molecular flexibility index (Phi) is 2.02. The van der Waals surface area contributed by atoms with Crippen LogP contribution in [0.1, 0.15) is 74.0 Å². The molecule has 0 aromatic heterocycles. The van der Waals surface area contributed by atoms with E-state index in [2.05, 4.69) is 25.1 Å². The molecule has 0 N–H and O–H groups in total.